The monoisotopic (exact) mass is 267 g/mol. The van der Waals surface area contributed by atoms with E-state index in [9.17, 15) is 0 Å². The van der Waals surface area contributed by atoms with Gasteiger partial charge in [0.2, 0.25) is 0 Å². The maximum absolute atomic E-state index is 5.88. The van der Waals surface area contributed by atoms with Gasteiger partial charge in [0.1, 0.15) is 0 Å². The van der Waals surface area contributed by atoms with E-state index in [0.29, 0.717) is 12.6 Å². The molecule has 0 amide bonds. The Morgan fingerprint density at radius 2 is 2.29 bits per heavy atom. The van der Waals surface area contributed by atoms with Crippen LogP contribution in [0.25, 0.3) is 0 Å². The first-order chi connectivity index (χ1) is 8.22. The van der Waals surface area contributed by atoms with Crippen LogP contribution >= 0.6 is 22.7 Å². The van der Waals surface area contributed by atoms with Crippen LogP contribution in [0, 0.1) is 6.92 Å². The lowest BCUT2D eigenvalue weighted by atomic mass is 10.2. The molecule has 0 aromatic carbocycles. The summed E-state index contributed by atoms with van der Waals surface area (Å²) >= 11 is 3.48. The zero-order chi connectivity index (χ0) is 12.3. The quantitative estimate of drug-likeness (QED) is 0.905. The molecule has 0 saturated heterocycles. The molecule has 0 aliphatic carbocycles. The Kier molecular flexibility index (Phi) is 4.28. The SMILES string of the molecule is Cc1ncsc1CN(C)C(CN)c1cccs1. The van der Waals surface area contributed by atoms with Crippen LogP contribution in [-0.2, 0) is 6.54 Å². The van der Waals surface area contributed by atoms with E-state index in [4.69, 9.17) is 5.73 Å². The van der Waals surface area contributed by atoms with Crippen LogP contribution in [0.5, 0.6) is 0 Å². The minimum Gasteiger partial charge on any atom is -0.329 e. The van der Waals surface area contributed by atoms with Crippen molar-refractivity contribution in [3.63, 3.8) is 0 Å². The van der Waals surface area contributed by atoms with Gasteiger partial charge in [-0.1, -0.05) is 6.07 Å². The van der Waals surface area contributed by atoms with Crippen molar-refractivity contribution in [2.75, 3.05) is 13.6 Å². The molecular weight excluding hydrogens is 250 g/mol. The first-order valence-corrected chi connectivity index (χ1v) is 7.31. The van der Waals surface area contributed by atoms with Gasteiger partial charge in [0.15, 0.2) is 0 Å². The van der Waals surface area contributed by atoms with Gasteiger partial charge in [0.25, 0.3) is 0 Å². The smallest absolute Gasteiger partial charge is 0.0798 e. The third-order valence-electron chi connectivity index (χ3n) is 2.86. The first-order valence-electron chi connectivity index (χ1n) is 5.55. The van der Waals surface area contributed by atoms with Crippen LogP contribution in [-0.4, -0.2) is 23.5 Å². The van der Waals surface area contributed by atoms with Crippen LogP contribution in [0.4, 0.5) is 0 Å². The molecule has 17 heavy (non-hydrogen) atoms. The number of hydrogen-bond donors (Lipinski definition) is 1. The van der Waals surface area contributed by atoms with E-state index in [2.05, 4.69) is 41.4 Å². The van der Waals surface area contributed by atoms with Gasteiger partial charge in [-0.3, -0.25) is 4.90 Å². The minimum absolute atomic E-state index is 0.302. The van der Waals surface area contributed by atoms with Gasteiger partial charge in [-0.2, -0.15) is 0 Å². The predicted octanol–water partition coefficient (Wildman–Crippen LogP) is 2.64. The van der Waals surface area contributed by atoms with E-state index >= 15 is 0 Å². The number of nitrogens with zero attached hydrogens (tertiary/aromatic N) is 2. The Morgan fingerprint density at radius 1 is 1.47 bits per heavy atom. The van der Waals surface area contributed by atoms with E-state index in [-0.39, 0.29) is 0 Å². The number of nitrogens with two attached hydrogens (primary N) is 1. The molecule has 0 aliphatic heterocycles. The molecule has 92 valence electrons. The molecule has 3 nitrogen and oxygen atoms in total. The Balaban J connectivity index is 2.08. The fraction of sp³-hybridized carbons (Fsp3) is 0.417. The van der Waals surface area contributed by atoms with Crippen LogP contribution in [0.15, 0.2) is 23.0 Å². The van der Waals surface area contributed by atoms with E-state index in [1.165, 1.54) is 9.75 Å². The molecule has 0 spiro atoms. The summed E-state index contributed by atoms with van der Waals surface area (Å²) in [5.74, 6) is 0. The van der Waals surface area contributed by atoms with Crippen molar-refractivity contribution in [2.24, 2.45) is 5.73 Å². The molecule has 2 N–H and O–H groups in total. The lowest BCUT2D eigenvalue weighted by molar-refractivity contribution is 0.246. The number of hydrogen-bond acceptors (Lipinski definition) is 5. The average Bonchev–Trinajstić information content (AvgIpc) is 2.93. The van der Waals surface area contributed by atoms with Gasteiger partial charge in [0, 0.05) is 22.8 Å². The molecule has 0 bridgehead atoms. The first kappa shape index (κ1) is 12.7. The van der Waals surface area contributed by atoms with Gasteiger partial charge in [-0.25, -0.2) is 4.98 Å². The van der Waals surface area contributed by atoms with E-state index in [0.717, 1.165) is 12.2 Å². The van der Waals surface area contributed by atoms with Crippen molar-refractivity contribution in [1.82, 2.24) is 9.88 Å². The lowest BCUT2D eigenvalue weighted by Crippen LogP contribution is -2.29. The molecule has 0 aliphatic rings. The Labute approximate surface area is 110 Å². The Bertz CT molecular complexity index is 450. The number of aromatic nitrogens is 1. The second kappa shape index (κ2) is 5.73. The van der Waals surface area contributed by atoms with E-state index in [1.54, 1.807) is 22.7 Å². The molecule has 1 atom stereocenters. The molecule has 2 heterocycles. The second-order valence-electron chi connectivity index (χ2n) is 4.04. The summed E-state index contributed by atoms with van der Waals surface area (Å²) in [6.07, 6.45) is 0. The number of rotatable bonds is 5. The third kappa shape index (κ3) is 2.93. The predicted molar refractivity (Wildman–Crippen MR) is 74.4 cm³/mol. The Morgan fingerprint density at radius 3 is 2.82 bits per heavy atom. The second-order valence-corrected chi connectivity index (χ2v) is 5.96. The average molecular weight is 267 g/mol. The summed E-state index contributed by atoms with van der Waals surface area (Å²) < 4.78 is 0. The van der Waals surface area contributed by atoms with Crippen molar-refractivity contribution in [2.45, 2.75) is 19.5 Å². The highest BCUT2D eigenvalue weighted by Gasteiger charge is 2.17. The summed E-state index contributed by atoms with van der Waals surface area (Å²) in [6.45, 7) is 3.62. The van der Waals surface area contributed by atoms with Gasteiger partial charge >= 0.3 is 0 Å². The molecule has 0 fully saturated rings. The molecule has 1 unspecified atom stereocenters. The van der Waals surface area contributed by atoms with Gasteiger partial charge in [-0.05, 0) is 25.4 Å². The fourth-order valence-corrected chi connectivity index (χ4v) is 3.55. The van der Waals surface area contributed by atoms with Crippen LogP contribution in [0.2, 0.25) is 0 Å². The number of thiophene rings is 1. The van der Waals surface area contributed by atoms with Gasteiger partial charge in [0.05, 0.1) is 17.2 Å². The van der Waals surface area contributed by atoms with Gasteiger partial charge in [-0.15, -0.1) is 22.7 Å². The number of aryl methyl sites for hydroxylation is 1. The van der Waals surface area contributed by atoms with Crippen molar-refractivity contribution in [3.8, 4) is 0 Å². The number of likely N-dealkylation sites (N-methyl/N-ethyl adjacent to an activating group) is 1. The molecule has 2 aromatic rings. The molecule has 5 heteroatoms. The zero-order valence-electron chi connectivity index (χ0n) is 10.1. The van der Waals surface area contributed by atoms with E-state index < -0.39 is 0 Å². The fourth-order valence-electron chi connectivity index (χ4n) is 1.81. The summed E-state index contributed by atoms with van der Waals surface area (Å²) in [7, 11) is 2.12. The van der Waals surface area contributed by atoms with Crippen molar-refractivity contribution in [3.05, 3.63) is 38.5 Å². The summed E-state index contributed by atoms with van der Waals surface area (Å²) in [6, 6.07) is 4.53. The summed E-state index contributed by atoms with van der Waals surface area (Å²) in [4.78, 5) is 9.23. The molecule has 2 aromatic heterocycles. The summed E-state index contributed by atoms with van der Waals surface area (Å²) in [5, 5.41) is 2.10. The maximum atomic E-state index is 5.88. The highest BCUT2D eigenvalue weighted by Crippen LogP contribution is 2.25. The van der Waals surface area contributed by atoms with Crippen molar-refractivity contribution < 1.29 is 0 Å². The molecule has 2 rings (SSSR count). The Hall–Kier alpha value is -0.750. The maximum Gasteiger partial charge on any atom is 0.0798 e. The highest BCUT2D eigenvalue weighted by molar-refractivity contribution is 7.10. The topological polar surface area (TPSA) is 42.2 Å². The standard InChI is InChI=1S/C12H17N3S2/c1-9-12(17-8-14-9)7-15(2)10(6-13)11-4-3-5-16-11/h3-5,8,10H,6-7,13H2,1-2H3. The molecular formula is C12H17N3S2. The third-order valence-corrected chi connectivity index (χ3v) is 4.76. The van der Waals surface area contributed by atoms with Crippen LogP contribution in [0.3, 0.4) is 0 Å². The minimum atomic E-state index is 0.302. The van der Waals surface area contributed by atoms with Gasteiger partial charge < -0.3 is 5.73 Å². The highest BCUT2D eigenvalue weighted by atomic mass is 32.1. The largest absolute Gasteiger partial charge is 0.329 e. The molecule has 0 radical (unpaired) electrons. The lowest BCUT2D eigenvalue weighted by Gasteiger charge is -2.25. The van der Waals surface area contributed by atoms with E-state index in [1.807, 2.05) is 5.51 Å². The van der Waals surface area contributed by atoms with Crippen molar-refractivity contribution in [1.29, 1.82) is 0 Å². The van der Waals surface area contributed by atoms with Crippen molar-refractivity contribution >= 4 is 22.7 Å². The van der Waals surface area contributed by atoms with Crippen LogP contribution < -0.4 is 5.73 Å². The summed E-state index contributed by atoms with van der Waals surface area (Å²) in [5.41, 5.74) is 8.92. The van der Waals surface area contributed by atoms with Crippen LogP contribution in [0.1, 0.15) is 21.5 Å². The normalized spacial score (nSPS) is 13.2. The zero-order valence-corrected chi connectivity index (χ0v) is 11.7. The molecule has 0 saturated carbocycles. The number of thiazole rings is 1.